The molecule has 2 rings (SSSR count). The van der Waals surface area contributed by atoms with Crippen molar-refractivity contribution in [3.63, 3.8) is 0 Å². The van der Waals surface area contributed by atoms with Crippen LogP contribution in [0.4, 0.5) is 4.79 Å². The third-order valence-electron chi connectivity index (χ3n) is 3.71. The molecule has 24 heavy (non-hydrogen) atoms. The normalized spacial score (nSPS) is 18.2. The summed E-state index contributed by atoms with van der Waals surface area (Å²) in [5, 5.41) is 2.86. The van der Waals surface area contributed by atoms with Gasteiger partial charge in [-0.25, -0.2) is 14.8 Å². The summed E-state index contributed by atoms with van der Waals surface area (Å²) in [7, 11) is 0. The van der Waals surface area contributed by atoms with Crippen molar-refractivity contribution in [3.05, 3.63) is 23.8 Å². The summed E-state index contributed by atoms with van der Waals surface area (Å²) in [6.45, 7) is 8.13. The number of nitrogens with zero attached hydrogens (tertiary/aromatic N) is 3. The average Bonchev–Trinajstić information content (AvgIpc) is 2.51. The molecule has 2 heterocycles. The van der Waals surface area contributed by atoms with Gasteiger partial charge in [0.1, 0.15) is 17.5 Å². The molecule has 1 saturated heterocycles. The molecule has 0 bridgehead atoms. The molecule has 2 amide bonds. The molecule has 1 aromatic rings. The number of ether oxygens (including phenoxy) is 1. The number of hydrogen-bond donors (Lipinski definition) is 1. The second-order valence-electron chi connectivity index (χ2n) is 7.00. The zero-order valence-electron chi connectivity index (χ0n) is 14.8. The molecule has 0 unspecified atom stereocenters. The lowest BCUT2D eigenvalue weighted by Gasteiger charge is -2.35. The van der Waals surface area contributed by atoms with E-state index in [2.05, 4.69) is 15.3 Å². The molecular weight excluding hydrogens is 308 g/mol. The Bertz CT molecular complexity index is 598. The number of likely N-dealkylation sites (tertiary alicyclic amines) is 1. The minimum Gasteiger partial charge on any atom is -0.444 e. The fourth-order valence-electron chi connectivity index (χ4n) is 2.64. The molecule has 0 saturated carbocycles. The zero-order valence-corrected chi connectivity index (χ0v) is 14.8. The van der Waals surface area contributed by atoms with Crippen molar-refractivity contribution in [1.29, 1.82) is 0 Å². The van der Waals surface area contributed by atoms with Crippen molar-refractivity contribution in [3.8, 4) is 0 Å². The highest BCUT2D eigenvalue weighted by Gasteiger charge is 2.34. The van der Waals surface area contributed by atoms with Crippen LogP contribution >= 0.6 is 0 Å². The van der Waals surface area contributed by atoms with E-state index in [1.54, 1.807) is 19.2 Å². The third-order valence-corrected chi connectivity index (χ3v) is 3.71. The number of hydrogen-bond acceptors (Lipinski definition) is 5. The maximum Gasteiger partial charge on any atom is 0.410 e. The summed E-state index contributed by atoms with van der Waals surface area (Å²) in [6.07, 6.45) is 3.68. The number of nitrogens with one attached hydrogen (secondary N) is 1. The summed E-state index contributed by atoms with van der Waals surface area (Å²) in [5.41, 5.74) is 0.170. The number of aryl methyl sites for hydroxylation is 1. The quantitative estimate of drug-likeness (QED) is 0.916. The first kappa shape index (κ1) is 18.2. The minimum atomic E-state index is -0.575. The fraction of sp³-hybridized carbons (Fsp3) is 0.647. The van der Waals surface area contributed by atoms with Crippen LogP contribution in [0.5, 0.6) is 0 Å². The molecular formula is C17H26N4O3. The summed E-state index contributed by atoms with van der Waals surface area (Å²) >= 11 is 0. The Morgan fingerprint density at radius 1 is 1.38 bits per heavy atom. The Morgan fingerprint density at radius 2 is 2.12 bits per heavy atom. The maximum absolute atomic E-state index is 12.5. The number of aromatic nitrogens is 2. The van der Waals surface area contributed by atoms with Gasteiger partial charge in [0.05, 0.1) is 12.2 Å². The van der Waals surface area contributed by atoms with Crippen LogP contribution in [0.15, 0.2) is 12.3 Å². The van der Waals surface area contributed by atoms with Crippen LogP contribution in [0.2, 0.25) is 0 Å². The number of carbonyl (C=O) groups is 2. The van der Waals surface area contributed by atoms with E-state index < -0.39 is 17.7 Å². The molecule has 1 N–H and O–H groups in total. The average molecular weight is 334 g/mol. The van der Waals surface area contributed by atoms with E-state index in [1.807, 2.05) is 20.8 Å². The molecule has 0 radical (unpaired) electrons. The Labute approximate surface area is 142 Å². The number of amides is 2. The highest BCUT2D eigenvalue weighted by atomic mass is 16.6. The number of carbonyl (C=O) groups excluding carboxylic acids is 2. The standard InChI is InChI=1S/C17H26N4O3/c1-12-18-9-8-13(20-12)11-19-15(22)14-7-5-6-10-21(14)16(23)24-17(2,3)4/h8-9,14H,5-7,10-11H2,1-4H3,(H,19,22)/t14-/m1/s1. The highest BCUT2D eigenvalue weighted by Crippen LogP contribution is 2.20. The fourth-order valence-corrected chi connectivity index (χ4v) is 2.64. The van der Waals surface area contributed by atoms with Crippen LogP contribution in [-0.2, 0) is 16.1 Å². The van der Waals surface area contributed by atoms with Gasteiger partial charge in [-0.1, -0.05) is 0 Å². The number of piperidine rings is 1. The summed E-state index contributed by atoms with van der Waals surface area (Å²) in [4.78, 5) is 34.7. The van der Waals surface area contributed by atoms with Crippen molar-refractivity contribution >= 4 is 12.0 Å². The van der Waals surface area contributed by atoms with Crippen LogP contribution in [-0.4, -0.2) is 45.1 Å². The topological polar surface area (TPSA) is 84.4 Å². The van der Waals surface area contributed by atoms with Gasteiger partial charge in [0, 0.05) is 12.7 Å². The molecule has 1 fully saturated rings. The predicted octanol–water partition coefficient (Wildman–Crippen LogP) is 2.19. The minimum absolute atomic E-state index is 0.170. The van der Waals surface area contributed by atoms with Gasteiger partial charge in [-0.2, -0.15) is 0 Å². The molecule has 0 aliphatic carbocycles. The number of rotatable bonds is 3. The maximum atomic E-state index is 12.5. The van der Waals surface area contributed by atoms with Crippen LogP contribution in [0.1, 0.15) is 51.6 Å². The van der Waals surface area contributed by atoms with Crippen LogP contribution in [0.3, 0.4) is 0 Å². The molecule has 1 aromatic heterocycles. The molecule has 1 aliphatic heterocycles. The lowest BCUT2D eigenvalue weighted by molar-refractivity contribution is -0.127. The lowest BCUT2D eigenvalue weighted by Crippen LogP contribution is -2.53. The smallest absolute Gasteiger partial charge is 0.410 e. The highest BCUT2D eigenvalue weighted by molar-refractivity contribution is 5.85. The molecule has 1 aliphatic rings. The zero-order chi connectivity index (χ0) is 17.7. The van der Waals surface area contributed by atoms with E-state index in [0.717, 1.165) is 18.5 Å². The van der Waals surface area contributed by atoms with Gasteiger partial charge in [-0.15, -0.1) is 0 Å². The van der Waals surface area contributed by atoms with Gasteiger partial charge in [0.15, 0.2) is 0 Å². The summed E-state index contributed by atoms with van der Waals surface area (Å²) in [6, 6.07) is 1.27. The second kappa shape index (κ2) is 7.59. The van der Waals surface area contributed by atoms with Crippen molar-refractivity contribution in [2.75, 3.05) is 6.54 Å². The Morgan fingerprint density at radius 3 is 2.79 bits per heavy atom. The summed E-state index contributed by atoms with van der Waals surface area (Å²) < 4.78 is 5.42. The van der Waals surface area contributed by atoms with E-state index >= 15 is 0 Å². The predicted molar refractivity (Wildman–Crippen MR) is 89.2 cm³/mol. The van der Waals surface area contributed by atoms with Crippen molar-refractivity contribution in [2.24, 2.45) is 0 Å². The first-order valence-corrected chi connectivity index (χ1v) is 8.32. The summed E-state index contributed by atoms with van der Waals surface area (Å²) in [5.74, 6) is 0.492. The molecule has 0 spiro atoms. The van der Waals surface area contributed by atoms with Crippen LogP contribution in [0.25, 0.3) is 0 Å². The molecule has 7 nitrogen and oxygen atoms in total. The van der Waals surface area contributed by atoms with E-state index in [0.29, 0.717) is 25.3 Å². The van der Waals surface area contributed by atoms with Gasteiger partial charge in [0.25, 0.3) is 0 Å². The van der Waals surface area contributed by atoms with Crippen molar-refractivity contribution < 1.29 is 14.3 Å². The lowest BCUT2D eigenvalue weighted by atomic mass is 10.0. The first-order valence-electron chi connectivity index (χ1n) is 8.32. The van der Waals surface area contributed by atoms with Gasteiger partial charge >= 0.3 is 6.09 Å². The van der Waals surface area contributed by atoms with Gasteiger partial charge in [-0.05, 0) is 53.0 Å². The second-order valence-corrected chi connectivity index (χ2v) is 7.00. The SMILES string of the molecule is Cc1nccc(CNC(=O)[C@H]2CCCCN2C(=O)OC(C)(C)C)n1. The molecule has 1 atom stereocenters. The van der Waals surface area contributed by atoms with Crippen molar-refractivity contribution in [1.82, 2.24) is 20.2 Å². The molecule has 7 heteroatoms. The van der Waals surface area contributed by atoms with Gasteiger partial charge in [-0.3, -0.25) is 9.69 Å². The Kier molecular flexibility index (Phi) is 5.75. The molecule has 132 valence electrons. The first-order chi connectivity index (χ1) is 11.3. The van der Waals surface area contributed by atoms with Crippen molar-refractivity contribution in [2.45, 2.75) is 65.1 Å². The Hall–Kier alpha value is -2.18. The van der Waals surface area contributed by atoms with E-state index in [9.17, 15) is 9.59 Å². The molecule has 0 aromatic carbocycles. The monoisotopic (exact) mass is 334 g/mol. The van der Waals surface area contributed by atoms with Crippen LogP contribution in [0, 0.1) is 6.92 Å². The Balaban J connectivity index is 1.98. The van der Waals surface area contributed by atoms with E-state index in [-0.39, 0.29) is 5.91 Å². The van der Waals surface area contributed by atoms with E-state index in [4.69, 9.17) is 4.74 Å². The third kappa shape index (κ3) is 5.18. The largest absolute Gasteiger partial charge is 0.444 e. The van der Waals surface area contributed by atoms with Crippen LogP contribution < -0.4 is 5.32 Å². The van der Waals surface area contributed by atoms with Gasteiger partial charge < -0.3 is 10.1 Å². The van der Waals surface area contributed by atoms with Gasteiger partial charge in [0.2, 0.25) is 5.91 Å². The van der Waals surface area contributed by atoms with E-state index in [1.165, 1.54) is 4.90 Å².